The normalized spacial score (nSPS) is 19.6. The fourth-order valence-corrected chi connectivity index (χ4v) is 4.14. The zero-order valence-electron chi connectivity index (χ0n) is 16.1. The van der Waals surface area contributed by atoms with Gasteiger partial charge in [0.25, 0.3) is 5.91 Å². The lowest BCUT2D eigenvalue weighted by molar-refractivity contribution is -0.126. The third-order valence-electron chi connectivity index (χ3n) is 5.17. The molecule has 1 fully saturated rings. The van der Waals surface area contributed by atoms with Crippen LogP contribution < -0.4 is 0 Å². The van der Waals surface area contributed by atoms with Gasteiger partial charge in [-0.3, -0.25) is 4.79 Å². The Bertz CT molecular complexity index is 766. The van der Waals surface area contributed by atoms with Crippen LogP contribution in [0.25, 0.3) is 5.57 Å². The number of aryl methyl sites for hydroxylation is 3. The summed E-state index contributed by atoms with van der Waals surface area (Å²) in [7, 11) is 0. The van der Waals surface area contributed by atoms with E-state index in [0.717, 1.165) is 42.4 Å². The molecule has 0 radical (unpaired) electrons. The highest BCUT2D eigenvalue weighted by atomic mass is 16.7. The molecule has 0 aromatic heterocycles. The number of ether oxygens (including phenoxy) is 2. The van der Waals surface area contributed by atoms with Crippen LogP contribution in [0.3, 0.4) is 0 Å². The minimum absolute atomic E-state index is 0.0318. The average Bonchev–Trinajstić information content (AvgIpc) is 2.87. The van der Waals surface area contributed by atoms with Gasteiger partial charge in [0.15, 0.2) is 0 Å². The molecule has 5 heteroatoms. The van der Waals surface area contributed by atoms with Crippen LogP contribution in [0.1, 0.15) is 55.4 Å². The van der Waals surface area contributed by atoms with E-state index in [0.29, 0.717) is 17.9 Å². The Hall–Kier alpha value is -2.30. The Morgan fingerprint density at radius 1 is 1.23 bits per heavy atom. The van der Waals surface area contributed by atoms with E-state index in [-0.39, 0.29) is 18.6 Å². The Morgan fingerprint density at radius 2 is 2.00 bits per heavy atom. The van der Waals surface area contributed by atoms with Crippen LogP contribution in [-0.2, 0) is 20.7 Å². The molecule has 3 rings (SSSR count). The second kappa shape index (κ2) is 7.52. The topological polar surface area (TPSA) is 55.8 Å². The van der Waals surface area contributed by atoms with Gasteiger partial charge in [0.2, 0.25) is 0 Å². The molecule has 1 aromatic carbocycles. The van der Waals surface area contributed by atoms with E-state index in [1.165, 1.54) is 5.56 Å². The first-order valence-corrected chi connectivity index (χ1v) is 9.48. The van der Waals surface area contributed by atoms with Crippen molar-refractivity contribution < 1.29 is 19.1 Å². The lowest BCUT2D eigenvalue weighted by Crippen LogP contribution is -2.40. The summed E-state index contributed by atoms with van der Waals surface area (Å²) in [6, 6.07) is 4.02. The monoisotopic (exact) mass is 357 g/mol. The van der Waals surface area contributed by atoms with Crippen molar-refractivity contribution >= 4 is 17.6 Å². The summed E-state index contributed by atoms with van der Waals surface area (Å²) < 4.78 is 10.6. The van der Waals surface area contributed by atoms with Crippen LogP contribution in [0.4, 0.5) is 4.79 Å². The predicted octanol–water partition coefficient (Wildman–Crippen LogP) is 4.14. The van der Waals surface area contributed by atoms with Crippen LogP contribution in [0.2, 0.25) is 0 Å². The Labute approximate surface area is 155 Å². The molecule has 0 spiro atoms. The third-order valence-corrected chi connectivity index (χ3v) is 5.17. The Kier molecular flexibility index (Phi) is 5.35. The van der Waals surface area contributed by atoms with Crippen LogP contribution in [-0.4, -0.2) is 36.2 Å². The van der Waals surface area contributed by atoms with Crippen molar-refractivity contribution in [1.29, 1.82) is 0 Å². The van der Waals surface area contributed by atoms with Gasteiger partial charge in [-0.05, 0) is 63.1 Å². The first kappa shape index (κ1) is 18.5. The second-order valence-corrected chi connectivity index (χ2v) is 7.00. The van der Waals surface area contributed by atoms with Crippen LogP contribution >= 0.6 is 0 Å². The highest BCUT2D eigenvalue weighted by molar-refractivity contribution is 6.23. The maximum atomic E-state index is 13.2. The molecule has 1 amide bonds. The van der Waals surface area contributed by atoms with E-state index < -0.39 is 6.16 Å². The zero-order valence-corrected chi connectivity index (χ0v) is 16.1. The van der Waals surface area contributed by atoms with Crippen molar-refractivity contribution in [2.75, 3.05) is 13.2 Å². The number of hydrogen-bond donors (Lipinski definition) is 0. The minimum atomic E-state index is -0.733. The van der Waals surface area contributed by atoms with Gasteiger partial charge >= 0.3 is 6.16 Å². The van der Waals surface area contributed by atoms with E-state index >= 15 is 0 Å². The maximum absolute atomic E-state index is 13.2. The number of amides is 1. The first-order chi connectivity index (χ1) is 12.5. The number of carbonyl (C=O) groups excluding carboxylic acids is 2. The SMILES string of the molecule is CCOC(=O)OC1=C(c2c(C)cc(C)cc2CC)C(=O)N2CCCCC12. The molecule has 2 aliphatic rings. The molecule has 1 saturated heterocycles. The van der Waals surface area contributed by atoms with Crippen molar-refractivity contribution in [1.82, 2.24) is 4.90 Å². The number of nitrogens with zero attached hydrogens (tertiary/aromatic N) is 1. The first-order valence-electron chi connectivity index (χ1n) is 9.48. The van der Waals surface area contributed by atoms with Crippen molar-refractivity contribution in [3.05, 3.63) is 40.1 Å². The third kappa shape index (κ3) is 3.22. The van der Waals surface area contributed by atoms with Gasteiger partial charge in [0, 0.05) is 6.54 Å². The van der Waals surface area contributed by atoms with Crippen molar-refractivity contribution in [2.45, 2.75) is 59.4 Å². The van der Waals surface area contributed by atoms with Crippen LogP contribution in [0, 0.1) is 13.8 Å². The smallest absolute Gasteiger partial charge is 0.434 e. The van der Waals surface area contributed by atoms with E-state index in [4.69, 9.17) is 9.47 Å². The fraction of sp³-hybridized carbons (Fsp3) is 0.524. The lowest BCUT2D eigenvalue weighted by Gasteiger charge is -2.30. The number of piperidine rings is 1. The molecule has 2 aliphatic heterocycles. The summed E-state index contributed by atoms with van der Waals surface area (Å²) in [6.07, 6.45) is 2.89. The predicted molar refractivity (Wildman–Crippen MR) is 99.7 cm³/mol. The van der Waals surface area contributed by atoms with Crippen molar-refractivity contribution in [3.63, 3.8) is 0 Å². The molecule has 1 aromatic rings. The number of fused-ring (bicyclic) bond motifs is 1. The van der Waals surface area contributed by atoms with Crippen LogP contribution in [0.5, 0.6) is 0 Å². The van der Waals surface area contributed by atoms with E-state index in [1.807, 2.05) is 11.8 Å². The molecule has 26 heavy (non-hydrogen) atoms. The quantitative estimate of drug-likeness (QED) is 0.760. The number of hydrogen-bond acceptors (Lipinski definition) is 4. The molecule has 1 unspecified atom stereocenters. The summed E-state index contributed by atoms with van der Waals surface area (Å²) in [4.78, 5) is 27.1. The molecule has 0 saturated carbocycles. The highest BCUT2D eigenvalue weighted by Gasteiger charge is 2.44. The van der Waals surface area contributed by atoms with Gasteiger partial charge in [0.1, 0.15) is 5.76 Å². The van der Waals surface area contributed by atoms with Gasteiger partial charge in [-0.1, -0.05) is 24.6 Å². The minimum Gasteiger partial charge on any atom is -0.434 e. The van der Waals surface area contributed by atoms with Gasteiger partial charge in [-0.2, -0.15) is 0 Å². The van der Waals surface area contributed by atoms with Gasteiger partial charge < -0.3 is 14.4 Å². The maximum Gasteiger partial charge on any atom is 0.513 e. The molecule has 0 aliphatic carbocycles. The second-order valence-electron chi connectivity index (χ2n) is 7.00. The molecule has 1 atom stereocenters. The fourth-order valence-electron chi connectivity index (χ4n) is 4.14. The summed E-state index contributed by atoms with van der Waals surface area (Å²) >= 11 is 0. The largest absolute Gasteiger partial charge is 0.513 e. The molecule has 0 bridgehead atoms. The standard InChI is InChI=1S/C21H27NO4/c1-5-15-12-13(3)11-14(4)17(15)18-19(26-21(24)25-6-2)16-9-7-8-10-22(16)20(18)23/h11-12,16H,5-10H2,1-4H3. The lowest BCUT2D eigenvalue weighted by atomic mass is 9.90. The number of benzene rings is 1. The zero-order chi connectivity index (χ0) is 18.8. The van der Waals surface area contributed by atoms with Crippen LogP contribution in [0.15, 0.2) is 17.9 Å². The summed E-state index contributed by atoms with van der Waals surface area (Å²) in [5, 5.41) is 0. The van der Waals surface area contributed by atoms with Gasteiger partial charge in [-0.25, -0.2) is 4.79 Å². The summed E-state index contributed by atoms with van der Waals surface area (Å²) in [5.41, 5.74) is 4.77. The number of rotatable bonds is 4. The van der Waals surface area contributed by atoms with Crippen molar-refractivity contribution in [2.24, 2.45) is 0 Å². The summed E-state index contributed by atoms with van der Waals surface area (Å²) in [5.74, 6) is 0.436. The van der Waals surface area contributed by atoms with Gasteiger partial charge in [0.05, 0.1) is 18.2 Å². The Balaban J connectivity index is 2.15. The van der Waals surface area contributed by atoms with E-state index in [1.54, 1.807) is 6.92 Å². The van der Waals surface area contributed by atoms with Crippen molar-refractivity contribution in [3.8, 4) is 0 Å². The molecule has 5 nitrogen and oxygen atoms in total. The van der Waals surface area contributed by atoms with Gasteiger partial charge in [-0.15, -0.1) is 0 Å². The molecule has 2 heterocycles. The summed E-state index contributed by atoms with van der Waals surface area (Å²) in [6.45, 7) is 8.84. The molecule has 140 valence electrons. The Morgan fingerprint density at radius 3 is 2.69 bits per heavy atom. The van der Waals surface area contributed by atoms with E-state index in [9.17, 15) is 9.59 Å². The molecular formula is C21H27NO4. The molecule has 0 N–H and O–H groups in total. The highest BCUT2D eigenvalue weighted by Crippen LogP contribution is 2.40. The molecular weight excluding hydrogens is 330 g/mol. The van der Waals surface area contributed by atoms with E-state index in [2.05, 4.69) is 26.0 Å². The number of carbonyl (C=O) groups is 2. The average molecular weight is 357 g/mol.